The van der Waals surface area contributed by atoms with Gasteiger partial charge in [0.05, 0.1) is 0 Å². The van der Waals surface area contributed by atoms with Crippen LogP contribution in [0.25, 0.3) is 0 Å². The van der Waals surface area contributed by atoms with E-state index in [0.29, 0.717) is 0 Å². The van der Waals surface area contributed by atoms with E-state index in [2.05, 4.69) is 0 Å². The molecule has 0 aliphatic rings. The van der Waals surface area contributed by atoms with Crippen molar-refractivity contribution in [1.29, 1.82) is 0 Å². The Morgan fingerprint density at radius 3 is 0.667 bits per heavy atom. The summed E-state index contributed by atoms with van der Waals surface area (Å²) in [5.74, 6) is 0. The van der Waals surface area contributed by atoms with Crippen molar-refractivity contribution >= 4 is 0 Å². The van der Waals surface area contributed by atoms with Gasteiger partial charge in [-0.3, -0.25) is 0 Å². The molecule has 8 nitrogen and oxygen atoms in total. The van der Waals surface area contributed by atoms with Gasteiger partial charge in [0.25, 0.3) is 0 Å². The fraction of sp³-hybridized carbons (Fsp3) is 0. The summed E-state index contributed by atoms with van der Waals surface area (Å²) in [6.45, 7) is 0. The molecule has 0 aliphatic carbocycles. The summed E-state index contributed by atoms with van der Waals surface area (Å²) in [7, 11) is 0. The fourth-order valence-corrected chi connectivity index (χ4v) is 0. The SMILES string of the molecule is [Fe+3].[Li+].[O]=[Mn](=[O])([O-])[O-].[O]=[Mn](=[O])([O-])[O-]. The van der Waals surface area contributed by atoms with E-state index in [1.807, 2.05) is 0 Å². The Morgan fingerprint density at radius 2 is 0.667 bits per heavy atom. The van der Waals surface area contributed by atoms with Gasteiger partial charge in [0.2, 0.25) is 0 Å². The van der Waals surface area contributed by atoms with E-state index in [1.54, 1.807) is 0 Å². The Kier molecular flexibility index (Phi) is 17.0. The molecule has 71 valence electrons. The van der Waals surface area contributed by atoms with Crippen LogP contribution >= 0.6 is 0 Å². The maximum atomic E-state index is 8.58. The minimum atomic E-state index is -5.62. The standard InChI is InChI=1S/Fe.Li.2Mn.8O/q+3;+1;;;;;;;4*-1. The first kappa shape index (κ1) is 23.2. The molecule has 0 heterocycles. The molecule has 0 saturated carbocycles. The van der Waals surface area contributed by atoms with Crippen molar-refractivity contribution < 1.29 is 94.8 Å². The van der Waals surface area contributed by atoms with Crippen LogP contribution in [0.15, 0.2) is 0 Å². The monoisotopic (exact) mass is 301 g/mol. The third kappa shape index (κ3) is 814. The summed E-state index contributed by atoms with van der Waals surface area (Å²) in [6.07, 6.45) is 0. The third-order valence-electron chi connectivity index (χ3n) is 0. The molecule has 0 aliphatic heterocycles. The van der Waals surface area contributed by atoms with Crippen LogP contribution in [0.5, 0.6) is 0 Å². The van der Waals surface area contributed by atoms with Gasteiger partial charge >= 0.3 is 94.8 Å². The first-order valence-electron chi connectivity index (χ1n) is 1.23. The summed E-state index contributed by atoms with van der Waals surface area (Å²) >= 11 is -11.2. The van der Waals surface area contributed by atoms with E-state index < -0.39 is 26.7 Å². The predicted octanol–water partition coefficient (Wildman–Crippen LogP) is -8.23. The first-order valence-corrected chi connectivity index (χ1v) is 5.09. The number of rotatable bonds is 0. The van der Waals surface area contributed by atoms with Gasteiger partial charge in [-0.15, -0.1) is 0 Å². The Labute approximate surface area is 94.2 Å². The number of hydrogen-bond acceptors (Lipinski definition) is 8. The van der Waals surface area contributed by atoms with Crippen LogP contribution in [0.3, 0.4) is 0 Å². The molecule has 1 radical (unpaired) electrons. The van der Waals surface area contributed by atoms with E-state index in [9.17, 15) is 0 Å². The van der Waals surface area contributed by atoms with Gasteiger partial charge in [-0.05, 0) is 0 Å². The van der Waals surface area contributed by atoms with Crippen molar-refractivity contribution in [3.63, 3.8) is 0 Å². The minimum absolute atomic E-state index is 0. The fourth-order valence-electron chi connectivity index (χ4n) is 0. The Bertz CT molecular complexity index is 213. The first-order chi connectivity index (χ1) is 4.00. The van der Waals surface area contributed by atoms with Crippen molar-refractivity contribution in [2.24, 2.45) is 0 Å². The van der Waals surface area contributed by atoms with Gasteiger partial charge in [0.1, 0.15) is 0 Å². The summed E-state index contributed by atoms with van der Waals surface area (Å²) < 4.78 is 68.6. The molecule has 0 saturated heterocycles. The average molecular weight is 301 g/mol. The molecule has 12 heavy (non-hydrogen) atoms. The third-order valence-corrected chi connectivity index (χ3v) is 0. The van der Waals surface area contributed by atoms with Gasteiger partial charge in [0.15, 0.2) is 0 Å². The van der Waals surface area contributed by atoms with Crippen molar-refractivity contribution in [2.75, 3.05) is 0 Å². The maximum absolute atomic E-state index is 8.58. The second kappa shape index (κ2) is 8.78. The molecule has 12 heteroatoms. The predicted molar refractivity (Wildman–Crippen MR) is 2.75 cm³/mol. The Balaban J connectivity index is -0.0000000457. The molecule has 0 bridgehead atoms. The van der Waals surface area contributed by atoms with Crippen molar-refractivity contribution in [3.8, 4) is 0 Å². The topological polar surface area (TPSA) is 161 Å². The molecule has 0 amide bonds. The van der Waals surface area contributed by atoms with Crippen LogP contribution in [0, 0.1) is 0 Å². The molecule has 0 fully saturated rings. The van der Waals surface area contributed by atoms with Gasteiger partial charge in [-0.25, -0.2) is 0 Å². The van der Waals surface area contributed by atoms with Gasteiger partial charge in [-0.1, -0.05) is 0 Å². The molecule has 0 aromatic carbocycles. The quantitative estimate of drug-likeness (QED) is 0.398. The van der Waals surface area contributed by atoms with Crippen LogP contribution in [-0.2, 0) is 59.1 Å². The molecule has 0 aromatic heterocycles. The zero-order valence-corrected chi connectivity index (χ0v) is 8.84. The average Bonchev–Trinajstić information content (AvgIpc) is 1.12. The van der Waals surface area contributed by atoms with E-state index in [4.69, 9.17) is 32.1 Å². The van der Waals surface area contributed by atoms with Gasteiger partial charge < -0.3 is 0 Å². The normalized spacial score (nSPS) is 9.67. The molecular weight excluding hydrogens is 301 g/mol. The van der Waals surface area contributed by atoms with E-state index >= 15 is 0 Å². The zero-order chi connectivity index (χ0) is 9.00. The van der Waals surface area contributed by atoms with Crippen LogP contribution in [-0.4, -0.2) is 0 Å². The van der Waals surface area contributed by atoms with Crippen LogP contribution in [0.1, 0.15) is 0 Å². The molecule has 0 atom stereocenters. The molecule has 0 rings (SSSR count). The van der Waals surface area contributed by atoms with E-state index in [1.165, 1.54) is 0 Å². The Hall–Kier alpha value is 1.20. The van der Waals surface area contributed by atoms with Crippen LogP contribution in [0.4, 0.5) is 0 Å². The molecule has 0 aromatic rings. The molecule has 0 unspecified atom stereocenters. The summed E-state index contributed by atoms with van der Waals surface area (Å²) in [5.41, 5.74) is 0. The van der Waals surface area contributed by atoms with E-state index in [-0.39, 0.29) is 35.9 Å². The summed E-state index contributed by atoms with van der Waals surface area (Å²) in [4.78, 5) is 0. The second-order valence-electron chi connectivity index (χ2n) is 0.756. The summed E-state index contributed by atoms with van der Waals surface area (Å²) in [6, 6.07) is 0. The zero-order valence-electron chi connectivity index (χ0n) is 5.38. The number of hydrogen-bond donors (Lipinski definition) is 0. The summed E-state index contributed by atoms with van der Waals surface area (Å²) in [5, 5.41) is 0. The van der Waals surface area contributed by atoms with Gasteiger partial charge in [0, 0.05) is 0 Å². The van der Waals surface area contributed by atoms with Crippen molar-refractivity contribution in [3.05, 3.63) is 0 Å². The molecule has 0 N–H and O–H groups in total. The van der Waals surface area contributed by atoms with E-state index in [0.717, 1.165) is 0 Å². The second-order valence-corrected chi connectivity index (χ2v) is 3.12. The molecular formula is FeLiMn2O8. The Morgan fingerprint density at radius 1 is 0.667 bits per heavy atom. The van der Waals surface area contributed by atoms with Crippen LogP contribution < -0.4 is 35.6 Å². The molecule has 0 spiro atoms. The van der Waals surface area contributed by atoms with Crippen LogP contribution in [0.2, 0.25) is 0 Å². The van der Waals surface area contributed by atoms with Gasteiger partial charge in [-0.2, -0.15) is 0 Å². The van der Waals surface area contributed by atoms with Crippen molar-refractivity contribution in [1.82, 2.24) is 0 Å². The van der Waals surface area contributed by atoms with Crippen molar-refractivity contribution in [2.45, 2.75) is 0 Å².